The van der Waals surface area contributed by atoms with Crippen LogP contribution in [0.4, 0.5) is 4.79 Å². The van der Waals surface area contributed by atoms with E-state index in [9.17, 15) is 4.79 Å². The fourth-order valence-electron chi connectivity index (χ4n) is 5.60. The van der Waals surface area contributed by atoms with Crippen LogP contribution in [-0.2, 0) is 13.1 Å². The number of carbonyl (C=O) groups excluding carboxylic acids is 1. The van der Waals surface area contributed by atoms with Gasteiger partial charge in [0.1, 0.15) is 0 Å². The fourth-order valence-corrected chi connectivity index (χ4v) is 5.60. The summed E-state index contributed by atoms with van der Waals surface area (Å²) in [4.78, 5) is 18.5. The summed E-state index contributed by atoms with van der Waals surface area (Å²) in [5.41, 5.74) is 3.89. The fraction of sp³-hybridized carbons (Fsp3) is 0.643. The van der Waals surface area contributed by atoms with Crippen LogP contribution in [0.1, 0.15) is 69.9 Å². The molecule has 1 saturated heterocycles. The van der Waals surface area contributed by atoms with E-state index < -0.39 is 0 Å². The zero-order valence-electron chi connectivity index (χ0n) is 20.9. The van der Waals surface area contributed by atoms with Gasteiger partial charge in [-0.1, -0.05) is 23.8 Å². The van der Waals surface area contributed by atoms with Crippen molar-refractivity contribution in [1.29, 1.82) is 0 Å². The highest BCUT2D eigenvalue weighted by atomic mass is 16.2. The molecule has 1 N–H and O–H groups in total. The van der Waals surface area contributed by atoms with E-state index in [0.717, 1.165) is 36.9 Å². The molecule has 2 aliphatic heterocycles. The van der Waals surface area contributed by atoms with Gasteiger partial charge < -0.3 is 14.7 Å². The highest BCUT2D eigenvalue weighted by Gasteiger charge is 2.30. The number of allylic oxidation sites excluding steroid dienone is 4. The summed E-state index contributed by atoms with van der Waals surface area (Å²) in [6.07, 6.45) is 19.7. The van der Waals surface area contributed by atoms with Gasteiger partial charge >= 0.3 is 6.03 Å². The lowest BCUT2D eigenvalue weighted by molar-refractivity contribution is -0.929. The van der Waals surface area contributed by atoms with Gasteiger partial charge in [-0.3, -0.25) is 4.98 Å². The number of amides is 2. The minimum atomic E-state index is 0.0396. The molecule has 1 fully saturated rings. The molecule has 5 heteroatoms. The van der Waals surface area contributed by atoms with Crippen molar-refractivity contribution >= 4 is 6.03 Å². The number of quaternary nitrogens is 1. The van der Waals surface area contributed by atoms with Gasteiger partial charge in [-0.05, 0) is 87.8 Å². The summed E-state index contributed by atoms with van der Waals surface area (Å²) in [6, 6.07) is 2.79. The molecule has 33 heavy (non-hydrogen) atoms. The van der Waals surface area contributed by atoms with Crippen LogP contribution in [0.25, 0.3) is 0 Å². The number of likely N-dealkylation sites (tertiary alicyclic amines) is 1. The van der Waals surface area contributed by atoms with Crippen molar-refractivity contribution in [2.75, 3.05) is 26.7 Å². The van der Waals surface area contributed by atoms with Gasteiger partial charge in [0.25, 0.3) is 0 Å². The summed E-state index contributed by atoms with van der Waals surface area (Å²) >= 11 is 0. The molecule has 1 aromatic rings. The lowest BCUT2D eigenvalue weighted by atomic mass is 9.88. The van der Waals surface area contributed by atoms with Crippen molar-refractivity contribution < 1.29 is 9.28 Å². The van der Waals surface area contributed by atoms with Crippen LogP contribution in [0.5, 0.6) is 0 Å². The van der Waals surface area contributed by atoms with Crippen molar-refractivity contribution in [3.8, 4) is 0 Å². The summed E-state index contributed by atoms with van der Waals surface area (Å²) < 4.78 is 1.25. The second kappa shape index (κ2) is 10.9. The summed E-state index contributed by atoms with van der Waals surface area (Å²) in [7, 11) is 2.45. The third-order valence-corrected chi connectivity index (χ3v) is 8.49. The third-order valence-electron chi connectivity index (χ3n) is 8.49. The highest BCUT2D eigenvalue weighted by Crippen LogP contribution is 2.30. The zero-order valence-corrected chi connectivity index (χ0v) is 20.9. The lowest BCUT2D eigenvalue weighted by Crippen LogP contribution is -2.50. The number of urea groups is 1. The molecule has 0 spiro atoms. The standard InChI is InChI=1S/C28H42N4O/c1-22(2)32(3)17-4-5-23(14-18-32)6-7-24-8-10-25(11-9-24)12-16-30-28(33)31-20-26-13-15-29-19-27(26)21-31/h8-10,13,15,19,22-23,25H,4-7,11-12,14,16-18,20-21H2,1-3H3/p+1. The van der Waals surface area contributed by atoms with Crippen LogP contribution in [-0.4, -0.2) is 53.1 Å². The van der Waals surface area contributed by atoms with Gasteiger partial charge in [0.2, 0.25) is 0 Å². The van der Waals surface area contributed by atoms with Gasteiger partial charge in [0.05, 0.1) is 26.2 Å². The number of nitrogens with one attached hydrogen (secondary N) is 1. The Morgan fingerprint density at radius 2 is 2.06 bits per heavy atom. The third kappa shape index (κ3) is 6.26. The Balaban J connectivity index is 1.12. The van der Waals surface area contributed by atoms with Gasteiger partial charge in [-0.25, -0.2) is 4.79 Å². The maximum atomic E-state index is 12.5. The molecule has 3 aliphatic rings. The van der Waals surface area contributed by atoms with Crippen molar-refractivity contribution in [2.45, 2.75) is 77.9 Å². The maximum Gasteiger partial charge on any atom is 0.318 e. The van der Waals surface area contributed by atoms with Gasteiger partial charge in [-0.15, -0.1) is 0 Å². The number of nitrogens with zero attached hydrogens (tertiary/aromatic N) is 3. The van der Waals surface area contributed by atoms with Crippen LogP contribution in [0.2, 0.25) is 0 Å². The second-order valence-corrected chi connectivity index (χ2v) is 11.0. The number of hydrogen-bond donors (Lipinski definition) is 1. The van der Waals surface area contributed by atoms with E-state index in [2.05, 4.69) is 49.4 Å². The monoisotopic (exact) mass is 451 g/mol. The second-order valence-electron chi connectivity index (χ2n) is 11.0. The van der Waals surface area contributed by atoms with Crippen molar-refractivity contribution in [3.05, 3.63) is 53.4 Å². The average Bonchev–Trinajstić information content (AvgIpc) is 3.16. The number of fused-ring (bicyclic) bond motifs is 1. The molecule has 5 nitrogen and oxygen atoms in total. The zero-order chi connectivity index (χ0) is 23.3. The molecule has 0 radical (unpaired) electrons. The molecule has 3 atom stereocenters. The number of aromatic nitrogens is 1. The molecule has 1 aliphatic carbocycles. The predicted octanol–water partition coefficient (Wildman–Crippen LogP) is 5.43. The van der Waals surface area contributed by atoms with Crippen molar-refractivity contribution in [2.24, 2.45) is 11.8 Å². The Hall–Kier alpha value is -2.14. The minimum absolute atomic E-state index is 0.0396. The number of rotatable bonds is 7. The molecule has 2 amide bonds. The smallest absolute Gasteiger partial charge is 0.318 e. The van der Waals surface area contributed by atoms with Crippen LogP contribution in [0, 0.1) is 11.8 Å². The first-order valence-electron chi connectivity index (χ1n) is 13.1. The quantitative estimate of drug-likeness (QED) is 0.562. The van der Waals surface area contributed by atoms with E-state index in [1.807, 2.05) is 17.2 Å². The Morgan fingerprint density at radius 1 is 1.21 bits per heavy atom. The highest BCUT2D eigenvalue weighted by molar-refractivity contribution is 5.75. The van der Waals surface area contributed by atoms with Crippen LogP contribution in [0.3, 0.4) is 0 Å². The number of pyridine rings is 1. The van der Waals surface area contributed by atoms with E-state index in [1.54, 1.807) is 6.20 Å². The summed E-state index contributed by atoms with van der Waals surface area (Å²) in [5.74, 6) is 1.43. The molecule has 3 unspecified atom stereocenters. The SMILES string of the molecule is CC(C)[N+]1(C)CCCC(CCC2=CCC(CCNC(=O)N3Cc4ccncc4C3)C=C2)CC1. The topological polar surface area (TPSA) is 45.2 Å². The number of carbonyl (C=O) groups is 1. The average molecular weight is 452 g/mol. The van der Waals surface area contributed by atoms with Gasteiger partial charge in [-0.2, -0.15) is 0 Å². The molecular weight excluding hydrogens is 408 g/mol. The van der Waals surface area contributed by atoms with E-state index in [0.29, 0.717) is 19.0 Å². The first-order chi connectivity index (χ1) is 15.9. The van der Waals surface area contributed by atoms with E-state index in [4.69, 9.17) is 0 Å². The normalized spacial score (nSPS) is 27.3. The molecular formula is C28H43N4O+. The first-order valence-corrected chi connectivity index (χ1v) is 13.1. The summed E-state index contributed by atoms with van der Waals surface area (Å²) in [6.45, 7) is 9.53. The number of hydrogen-bond acceptors (Lipinski definition) is 2. The minimum Gasteiger partial charge on any atom is -0.338 e. The van der Waals surface area contributed by atoms with Gasteiger partial charge in [0, 0.05) is 32.0 Å². The molecule has 1 aromatic heterocycles. The molecule has 0 saturated carbocycles. The Bertz CT molecular complexity index is 851. The maximum absolute atomic E-state index is 12.5. The molecule has 0 bridgehead atoms. The van der Waals surface area contributed by atoms with Gasteiger partial charge in [0.15, 0.2) is 0 Å². The van der Waals surface area contributed by atoms with Crippen LogP contribution in [0.15, 0.2) is 42.3 Å². The molecule has 180 valence electrons. The van der Waals surface area contributed by atoms with Crippen LogP contribution < -0.4 is 5.32 Å². The predicted molar refractivity (Wildman–Crippen MR) is 134 cm³/mol. The Morgan fingerprint density at radius 3 is 2.82 bits per heavy atom. The van der Waals surface area contributed by atoms with Crippen molar-refractivity contribution in [1.82, 2.24) is 15.2 Å². The first kappa shape index (κ1) is 24.0. The largest absolute Gasteiger partial charge is 0.338 e. The van der Waals surface area contributed by atoms with E-state index in [1.165, 1.54) is 60.8 Å². The molecule has 4 rings (SSSR count). The molecule has 3 heterocycles. The van der Waals surface area contributed by atoms with Crippen LogP contribution >= 0.6 is 0 Å². The van der Waals surface area contributed by atoms with E-state index in [-0.39, 0.29) is 6.03 Å². The lowest BCUT2D eigenvalue weighted by Gasteiger charge is -2.37. The Labute approximate surface area is 200 Å². The van der Waals surface area contributed by atoms with E-state index >= 15 is 0 Å². The molecule has 0 aromatic carbocycles. The van der Waals surface area contributed by atoms with Crippen molar-refractivity contribution in [3.63, 3.8) is 0 Å². The Kier molecular flexibility index (Phi) is 7.90. The summed E-state index contributed by atoms with van der Waals surface area (Å²) in [5, 5.41) is 3.12.